The molecule has 0 aliphatic carbocycles. The maximum Gasteiger partial charge on any atom is 0.255 e. The van der Waals surface area contributed by atoms with Crippen molar-refractivity contribution in [2.45, 2.75) is 13.0 Å². The van der Waals surface area contributed by atoms with Crippen LogP contribution in [0.5, 0.6) is 5.75 Å². The molecule has 7 nitrogen and oxygen atoms in total. The van der Waals surface area contributed by atoms with E-state index in [9.17, 15) is 4.79 Å². The summed E-state index contributed by atoms with van der Waals surface area (Å²) in [6.45, 7) is 1.86. The highest BCUT2D eigenvalue weighted by Crippen LogP contribution is 2.38. The number of nitrogens with zero attached hydrogens (tertiary/aromatic N) is 3. The number of allylic oxidation sites excluding steroid dienone is 1. The third-order valence-corrected chi connectivity index (χ3v) is 6.00. The Morgan fingerprint density at radius 1 is 1.03 bits per heavy atom. The number of ether oxygens (including phenoxy) is 1. The Morgan fingerprint density at radius 2 is 1.74 bits per heavy atom. The predicted molar refractivity (Wildman–Crippen MR) is 133 cm³/mol. The number of anilines is 2. The van der Waals surface area contributed by atoms with Crippen molar-refractivity contribution in [3.05, 3.63) is 101 Å². The van der Waals surface area contributed by atoms with Crippen LogP contribution in [0.2, 0.25) is 5.02 Å². The van der Waals surface area contributed by atoms with E-state index in [1.165, 1.54) is 0 Å². The minimum Gasteiger partial charge on any atom is -0.497 e. The van der Waals surface area contributed by atoms with Gasteiger partial charge in [-0.2, -0.15) is 4.98 Å². The maximum atomic E-state index is 13.5. The van der Waals surface area contributed by atoms with Crippen LogP contribution in [0.25, 0.3) is 11.4 Å². The molecule has 1 aliphatic heterocycles. The lowest BCUT2D eigenvalue weighted by molar-refractivity contribution is -0.113. The van der Waals surface area contributed by atoms with Gasteiger partial charge in [0.25, 0.3) is 5.91 Å². The van der Waals surface area contributed by atoms with Crippen molar-refractivity contribution in [1.82, 2.24) is 14.8 Å². The second-order valence-corrected chi connectivity index (χ2v) is 8.25. The summed E-state index contributed by atoms with van der Waals surface area (Å²) in [6.07, 6.45) is 0. The number of hydrogen-bond acceptors (Lipinski definition) is 5. The second-order valence-electron chi connectivity index (χ2n) is 7.84. The van der Waals surface area contributed by atoms with E-state index in [1.807, 2.05) is 79.7 Å². The van der Waals surface area contributed by atoms with E-state index in [1.54, 1.807) is 17.9 Å². The second kappa shape index (κ2) is 9.03. The van der Waals surface area contributed by atoms with Crippen molar-refractivity contribution >= 4 is 29.1 Å². The van der Waals surface area contributed by atoms with Gasteiger partial charge in [0, 0.05) is 16.9 Å². The van der Waals surface area contributed by atoms with Gasteiger partial charge >= 0.3 is 0 Å². The number of aromatic nitrogens is 3. The van der Waals surface area contributed by atoms with Crippen LogP contribution in [0.15, 0.2) is 90.1 Å². The Kier molecular flexibility index (Phi) is 5.77. The molecular formula is C26H22ClN5O2. The number of halogens is 1. The number of para-hydroxylation sites is 1. The van der Waals surface area contributed by atoms with Gasteiger partial charge in [-0.15, -0.1) is 5.10 Å². The van der Waals surface area contributed by atoms with Crippen LogP contribution in [-0.2, 0) is 4.79 Å². The topological polar surface area (TPSA) is 81.1 Å². The highest BCUT2D eigenvalue weighted by atomic mass is 35.5. The zero-order valence-electron chi connectivity index (χ0n) is 18.6. The van der Waals surface area contributed by atoms with Crippen LogP contribution in [0.3, 0.4) is 0 Å². The number of carbonyl (C=O) groups is 1. The smallest absolute Gasteiger partial charge is 0.255 e. The van der Waals surface area contributed by atoms with Gasteiger partial charge in [-0.25, -0.2) is 4.68 Å². The van der Waals surface area contributed by atoms with Crippen LogP contribution in [0, 0.1) is 0 Å². The predicted octanol–water partition coefficient (Wildman–Crippen LogP) is 5.53. The molecule has 2 N–H and O–H groups in total. The molecule has 0 bridgehead atoms. The molecule has 4 aromatic rings. The first-order valence-corrected chi connectivity index (χ1v) is 11.1. The molecular weight excluding hydrogens is 450 g/mol. The molecule has 0 saturated carbocycles. The maximum absolute atomic E-state index is 13.5. The van der Waals surface area contributed by atoms with Crippen LogP contribution in [0.1, 0.15) is 18.5 Å². The van der Waals surface area contributed by atoms with Crippen molar-refractivity contribution in [2.24, 2.45) is 0 Å². The highest BCUT2D eigenvalue weighted by Gasteiger charge is 2.34. The summed E-state index contributed by atoms with van der Waals surface area (Å²) < 4.78 is 7.05. The van der Waals surface area contributed by atoms with E-state index in [-0.39, 0.29) is 5.91 Å². The number of benzene rings is 3. The van der Waals surface area contributed by atoms with E-state index in [4.69, 9.17) is 21.4 Å². The average Bonchev–Trinajstić information content (AvgIpc) is 3.27. The first-order chi connectivity index (χ1) is 16.5. The van der Waals surface area contributed by atoms with E-state index in [2.05, 4.69) is 15.6 Å². The Morgan fingerprint density at radius 3 is 2.44 bits per heavy atom. The van der Waals surface area contributed by atoms with Crippen LogP contribution >= 0.6 is 11.6 Å². The van der Waals surface area contributed by atoms with E-state index >= 15 is 0 Å². The first-order valence-electron chi connectivity index (χ1n) is 10.7. The molecule has 3 aromatic carbocycles. The molecule has 0 radical (unpaired) electrons. The Labute approximate surface area is 202 Å². The Bertz CT molecular complexity index is 1380. The SMILES string of the molecule is COc1ccc(C2C(C(=O)Nc3ccccc3)=C(C)Nc3nc(-c4ccccc4Cl)nn32)cc1. The zero-order valence-corrected chi connectivity index (χ0v) is 19.4. The van der Waals surface area contributed by atoms with Gasteiger partial charge in [0.2, 0.25) is 5.95 Å². The number of hydrogen-bond donors (Lipinski definition) is 2. The molecule has 0 fully saturated rings. The normalized spacial score (nSPS) is 14.9. The fraction of sp³-hybridized carbons (Fsp3) is 0.115. The number of nitrogens with one attached hydrogen (secondary N) is 2. The van der Waals surface area contributed by atoms with Gasteiger partial charge in [-0.1, -0.05) is 54.1 Å². The summed E-state index contributed by atoms with van der Waals surface area (Å²) in [7, 11) is 1.62. The van der Waals surface area contributed by atoms with Gasteiger partial charge in [0.05, 0.1) is 17.7 Å². The minimum absolute atomic E-state index is 0.225. The van der Waals surface area contributed by atoms with Crippen LogP contribution in [0.4, 0.5) is 11.6 Å². The summed E-state index contributed by atoms with van der Waals surface area (Å²) in [4.78, 5) is 18.2. The van der Waals surface area contributed by atoms with Crippen molar-refractivity contribution in [3.63, 3.8) is 0 Å². The van der Waals surface area contributed by atoms with Gasteiger partial charge in [-0.05, 0) is 48.9 Å². The molecule has 0 saturated heterocycles. The molecule has 34 heavy (non-hydrogen) atoms. The number of methoxy groups -OCH3 is 1. The molecule has 1 unspecified atom stereocenters. The lowest BCUT2D eigenvalue weighted by Gasteiger charge is -2.28. The monoisotopic (exact) mass is 471 g/mol. The fourth-order valence-corrected chi connectivity index (χ4v) is 4.24. The Balaban J connectivity index is 1.61. The molecule has 1 aliphatic rings. The molecule has 8 heteroatoms. The van der Waals surface area contributed by atoms with Crippen molar-refractivity contribution < 1.29 is 9.53 Å². The number of amides is 1. The van der Waals surface area contributed by atoms with E-state index < -0.39 is 6.04 Å². The summed E-state index contributed by atoms with van der Waals surface area (Å²) >= 11 is 6.41. The Hall–Kier alpha value is -4.10. The van der Waals surface area contributed by atoms with Gasteiger partial charge in [-0.3, -0.25) is 4.79 Å². The molecule has 5 rings (SSSR count). The molecule has 0 spiro atoms. The van der Waals surface area contributed by atoms with Gasteiger partial charge in [0.1, 0.15) is 11.8 Å². The largest absolute Gasteiger partial charge is 0.497 e. The summed E-state index contributed by atoms with van der Waals surface area (Å²) in [5.74, 6) is 1.51. The lowest BCUT2D eigenvalue weighted by atomic mass is 9.95. The lowest BCUT2D eigenvalue weighted by Crippen LogP contribution is -2.31. The molecule has 170 valence electrons. The fourth-order valence-electron chi connectivity index (χ4n) is 4.02. The van der Waals surface area contributed by atoms with Gasteiger partial charge < -0.3 is 15.4 Å². The third-order valence-electron chi connectivity index (χ3n) is 5.68. The minimum atomic E-state index is -0.505. The number of fused-ring (bicyclic) bond motifs is 1. The highest BCUT2D eigenvalue weighted by molar-refractivity contribution is 6.33. The van der Waals surface area contributed by atoms with Crippen molar-refractivity contribution in [2.75, 3.05) is 17.7 Å². The quantitative estimate of drug-likeness (QED) is 0.399. The van der Waals surface area contributed by atoms with E-state index in [0.29, 0.717) is 39.3 Å². The number of rotatable bonds is 5. The van der Waals surface area contributed by atoms with Crippen molar-refractivity contribution in [1.29, 1.82) is 0 Å². The summed E-state index contributed by atoms with van der Waals surface area (Å²) in [5, 5.41) is 11.6. The summed E-state index contributed by atoms with van der Waals surface area (Å²) in [5.41, 5.74) is 3.53. The van der Waals surface area contributed by atoms with Crippen LogP contribution in [-0.4, -0.2) is 27.8 Å². The number of carbonyl (C=O) groups excluding carboxylic acids is 1. The van der Waals surface area contributed by atoms with Crippen molar-refractivity contribution in [3.8, 4) is 17.1 Å². The third kappa shape index (κ3) is 4.02. The van der Waals surface area contributed by atoms with E-state index in [0.717, 1.165) is 11.3 Å². The standard InChI is InChI=1S/C26H22ClN5O2/c1-16-22(25(33)29-18-8-4-3-5-9-18)23(17-12-14-19(34-2)15-13-17)32-26(28-16)30-24(31-32)20-10-6-7-11-21(20)27/h3-15,23H,1-2H3,(H,29,33)(H,28,30,31). The zero-order chi connectivity index (χ0) is 23.7. The molecule has 1 amide bonds. The first kappa shape index (κ1) is 21.7. The molecule has 2 heterocycles. The molecule has 1 aromatic heterocycles. The van der Waals surface area contributed by atoms with Gasteiger partial charge in [0.15, 0.2) is 5.82 Å². The average molecular weight is 472 g/mol. The van der Waals surface area contributed by atoms with Crippen LogP contribution < -0.4 is 15.4 Å². The molecule has 1 atom stereocenters. The summed E-state index contributed by atoms with van der Waals surface area (Å²) in [6, 6.07) is 23.9.